The van der Waals surface area contributed by atoms with Crippen LogP contribution in [-0.4, -0.2) is 9.97 Å². The van der Waals surface area contributed by atoms with E-state index in [1.165, 1.54) is 4.70 Å². The fourth-order valence-electron chi connectivity index (χ4n) is 2.39. The number of nitrogens with two attached hydrogens (primary N) is 2. The Hall–Kier alpha value is -2.18. The van der Waals surface area contributed by atoms with E-state index in [0.717, 1.165) is 31.3 Å². The summed E-state index contributed by atoms with van der Waals surface area (Å²) in [6, 6.07) is 9.76. The van der Waals surface area contributed by atoms with Crippen molar-refractivity contribution in [3.05, 3.63) is 35.3 Å². The van der Waals surface area contributed by atoms with Gasteiger partial charge >= 0.3 is 0 Å². The zero-order chi connectivity index (χ0) is 14.6. The summed E-state index contributed by atoms with van der Waals surface area (Å²) in [4.78, 5) is 9.24. The SMILES string of the molecule is Cc1nc2cc3sc(-c4cc(N)cc(N)c4)nc3cc2s1. The third kappa shape index (κ3) is 2.12. The predicted molar refractivity (Wildman–Crippen MR) is 91.8 cm³/mol. The molecule has 0 saturated heterocycles. The highest BCUT2D eigenvalue weighted by Crippen LogP contribution is 2.35. The number of thiazole rings is 2. The molecule has 4 aromatic rings. The second kappa shape index (κ2) is 4.41. The molecule has 2 aromatic carbocycles. The van der Waals surface area contributed by atoms with E-state index in [4.69, 9.17) is 16.5 Å². The molecule has 4 N–H and O–H groups in total. The average Bonchev–Trinajstić information content (AvgIpc) is 2.95. The van der Waals surface area contributed by atoms with Gasteiger partial charge in [-0.25, -0.2) is 9.97 Å². The number of anilines is 2. The number of rotatable bonds is 1. The maximum absolute atomic E-state index is 5.86. The number of hydrogen-bond donors (Lipinski definition) is 2. The Morgan fingerprint density at radius 3 is 2.14 bits per heavy atom. The molecule has 4 nitrogen and oxygen atoms in total. The Kier molecular flexibility index (Phi) is 2.63. The Morgan fingerprint density at radius 1 is 0.810 bits per heavy atom. The number of aryl methyl sites for hydroxylation is 1. The van der Waals surface area contributed by atoms with Crippen LogP contribution in [0.3, 0.4) is 0 Å². The number of hydrogen-bond acceptors (Lipinski definition) is 6. The van der Waals surface area contributed by atoms with Crippen LogP contribution in [0.4, 0.5) is 11.4 Å². The quantitative estimate of drug-likeness (QED) is 0.520. The van der Waals surface area contributed by atoms with Crippen LogP contribution < -0.4 is 11.5 Å². The lowest BCUT2D eigenvalue weighted by molar-refractivity contribution is 1.35. The maximum atomic E-state index is 5.86. The van der Waals surface area contributed by atoms with Gasteiger partial charge in [-0.1, -0.05) is 0 Å². The van der Waals surface area contributed by atoms with Gasteiger partial charge in [0, 0.05) is 16.9 Å². The van der Waals surface area contributed by atoms with Crippen molar-refractivity contribution in [3.8, 4) is 10.6 Å². The van der Waals surface area contributed by atoms with Crippen molar-refractivity contribution in [2.45, 2.75) is 6.92 Å². The van der Waals surface area contributed by atoms with Gasteiger partial charge in [-0.05, 0) is 37.3 Å². The molecule has 0 amide bonds. The smallest absolute Gasteiger partial charge is 0.124 e. The van der Waals surface area contributed by atoms with Gasteiger partial charge in [0.05, 0.1) is 25.4 Å². The van der Waals surface area contributed by atoms with E-state index in [0.29, 0.717) is 11.4 Å². The maximum Gasteiger partial charge on any atom is 0.124 e. The summed E-state index contributed by atoms with van der Waals surface area (Å²) in [5, 5.41) is 2.00. The summed E-state index contributed by atoms with van der Waals surface area (Å²) in [6.07, 6.45) is 0. The minimum absolute atomic E-state index is 0.655. The highest BCUT2D eigenvalue weighted by Gasteiger charge is 2.10. The topological polar surface area (TPSA) is 77.8 Å². The second-order valence-electron chi connectivity index (χ2n) is 4.93. The van der Waals surface area contributed by atoms with E-state index in [1.54, 1.807) is 28.7 Å². The lowest BCUT2D eigenvalue weighted by Gasteiger charge is -2.00. The number of benzene rings is 2. The first kappa shape index (κ1) is 12.6. The van der Waals surface area contributed by atoms with E-state index >= 15 is 0 Å². The Balaban J connectivity index is 1.93. The molecule has 21 heavy (non-hydrogen) atoms. The van der Waals surface area contributed by atoms with Crippen LogP contribution in [0.25, 0.3) is 31.0 Å². The molecule has 0 spiro atoms. The Morgan fingerprint density at radius 2 is 1.43 bits per heavy atom. The Bertz CT molecular complexity index is 913. The van der Waals surface area contributed by atoms with E-state index < -0.39 is 0 Å². The summed E-state index contributed by atoms with van der Waals surface area (Å²) in [5.41, 5.74) is 16.0. The summed E-state index contributed by atoms with van der Waals surface area (Å²) >= 11 is 3.32. The molecule has 0 aliphatic carbocycles. The first-order valence-electron chi connectivity index (χ1n) is 6.43. The third-order valence-corrected chi connectivity index (χ3v) is 5.23. The van der Waals surface area contributed by atoms with E-state index in [-0.39, 0.29) is 0 Å². The van der Waals surface area contributed by atoms with Crippen LogP contribution in [-0.2, 0) is 0 Å². The van der Waals surface area contributed by atoms with E-state index in [2.05, 4.69) is 17.1 Å². The number of aromatic nitrogens is 2. The molecule has 0 radical (unpaired) electrons. The van der Waals surface area contributed by atoms with Crippen molar-refractivity contribution in [3.63, 3.8) is 0 Å². The lowest BCUT2D eigenvalue weighted by atomic mass is 10.2. The molecule has 6 heteroatoms. The molecular formula is C15H12N4S2. The number of fused-ring (bicyclic) bond motifs is 2. The average molecular weight is 312 g/mol. The first-order valence-corrected chi connectivity index (χ1v) is 8.06. The minimum Gasteiger partial charge on any atom is -0.399 e. The van der Waals surface area contributed by atoms with Crippen LogP contribution in [0.15, 0.2) is 30.3 Å². The first-order chi connectivity index (χ1) is 10.1. The van der Waals surface area contributed by atoms with Crippen molar-refractivity contribution in [2.75, 3.05) is 11.5 Å². The molecule has 2 aromatic heterocycles. The highest BCUT2D eigenvalue weighted by molar-refractivity contribution is 7.22. The van der Waals surface area contributed by atoms with Gasteiger partial charge in [0.15, 0.2) is 0 Å². The van der Waals surface area contributed by atoms with E-state index in [9.17, 15) is 0 Å². The van der Waals surface area contributed by atoms with Crippen LogP contribution in [0, 0.1) is 6.92 Å². The van der Waals surface area contributed by atoms with Gasteiger partial charge in [0.2, 0.25) is 0 Å². The molecule has 0 aliphatic rings. The molecule has 0 atom stereocenters. The summed E-state index contributed by atoms with van der Waals surface area (Å²) < 4.78 is 2.30. The van der Waals surface area contributed by atoms with Gasteiger partial charge in [0.25, 0.3) is 0 Å². The fraction of sp³-hybridized carbons (Fsp3) is 0.0667. The van der Waals surface area contributed by atoms with Crippen molar-refractivity contribution in [1.29, 1.82) is 0 Å². The molecule has 0 aliphatic heterocycles. The summed E-state index contributed by atoms with van der Waals surface area (Å²) in [5.74, 6) is 0. The normalized spacial score (nSPS) is 11.5. The van der Waals surface area contributed by atoms with Crippen LogP contribution in [0.2, 0.25) is 0 Å². The molecule has 4 rings (SSSR count). The van der Waals surface area contributed by atoms with Gasteiger partial charge < -0.3 is 11.5 Å². The van der Waals surface area contributed by atoms with Crippen molar-refractivity contribution in [1.82, 2.24) is 9.97 Å². The monoisotopic (exact) mass is 312 g/mol. The van der Waals surface area contributed by atoms with Crippen molar-refractivity contribution in [2.24, 2.45) is 0 Å². The Labute approximate surface area is 129 Å². The fourth-order valence-corrected chi connectivity index (χ4v) is 4.20. The molecular weight excluding hydrogens is 300 g/mol. The van der Waals surface area contributed by atoms with Gasteiger partial charge in [-0.15, -0.1) is 22.7 Å². The predicted octanol–water partition coefficient (Wildman–Crippen LogP) is 4.05. The van der Waals surface area contributed by atoms with Crippen molar-refractivity contribution >= 4 is 54.5 Å². The molecule has 104 valence electrons. The molecule has 0 bridgehead atoms. The highest BCUT2D eigenvalue weighted by atomic mass is 32.1. The molecule has 0 saturated carbocycles. The zero-order valence-corrected chi connectivity index (χ0v) is 12.9. The molecule has 0 fully saturated rings. The standard InChI is InChI=1S/C15H12N4S2/c1-7-18-11-5-14-12(6-13(11)20-7)19-15(21-14)8-2-9(16)4-10(17)3-8/h2-6H,16-17H2,1H3. The summed E-state index contributed by atoms with van der Waals surface area (Å²) in [7, 11) is 0. The van der Waals surface area contributed by atoms with Crippen LogP contribution >= 0.6 is 22.7 Å². The molecule has 0 unspecified atom stereocenters. The lowest BCUT2D eigenvalue weighted by Crippen LogP contribution is -1.90. The van der Waals surface area contributed by atoms with E-state index in [1.807, 2.05) is 19.1 Å². The molecule has 2 heterocycles. The van der Waals surface area contributed by atoms with Gasteiger partial charge in [-0.3, -0.25) is 0 Å². The number of nitrogen functional groups attached to an aromatic ring is 2. The van der Waals surface area contributed by atoms with Crippen LogP contribution in [0.5, 0.6) is 0 Å². The largest absolute Gasteiger partial charge is 0.399 e. The third-order valence-electron chi connectivity index (χ3n) is 3.23. The van der Waals surface area contributed by atoms with Crippen LogP contribution in [0.1, 0.15) is 5.01 Å². The van der Waals surface area contributed by atoms with Crippen molar-refractivity contribution < 1.29 is 0 Å². The second-order valence-corrected chi connectivity index (χ2v) is 7.19. The zero-order valence-electron chi connectivity index (χ0n) is 11.3. The van der Waals surface area contributed by atoms with Gasteiger partial charge in [-0.2, -0.15) is 0 Å². The van der Waals surface area contributed by atoms with Gasteiger partial charge in [0.1, 0.15) is 5.01 Å². The summed E-state index contributed by atoms with van der Waals surface area (Å²) in [6.45, 7) is 2.02. The minimum atomic E-state index is 0.655. The number of nitrogens with zero attached hydrogens (tertiary/aromatic N) is 2.